The summed E-state index contributed by atoms with van der Waals surface area (Å²) in [6, 6.07) is 8.35. The van der Waals surface area contributed by atoms with Crippen LogP contribution in [0.5, 0.6) is 5.88 Å². The summed E-state index contributed by atoms with van der Waals surface area (Å²) in [5.74, 6) is -0.490. The van der Waals surface area contributed by atoms with E-state index in [1.807, 2.05) is 0 Å². The van der Waals surface area contributed by atoms with Crippen molar-refractivity contribution >= 4 is 34.7 Å². The van der Waals surface area contributed by atoms with Gasteiger partial charge in [-0.3, -0.25) is 9.36 Å². The minimum atomic E-state index is -4.69. The lowest BCUT2D eigenvalue weighted by Crippen LogP contribution is -2.33. The highest BCUT2D eigenvalue weighted by atomic mass is 35.5. The van der Waals surface area contributed by atoms with Gasteiger partial charge in [-0.1, -0.05) is 35.1 Å². The number of aromatic hydroxyl groups is 1. The molecule has 3 aromatic rings. The Morgan fingerprint density at radius 2 is 2.00 bits per heavy atom. The first-order chi connectivity index (χ1) is 17.6. The maximum atomic E-state index is 13.8. The van der Waals surface area contributed by atoms with Crippen LogP contribution in [0.15, 0.2) is 51.4 Å². The molecule has 0 saturated carbocycles. The fraction of sp³-hybridized carbons (Fsp3) is 0.292. The minimum absolute atomic E-state index is 0.0152. The molecule has 7 nitrogen and oxygen atoms in total. The zero-order chi connectivity index (χ0) is 26.7. The second-order valence-electron chi connectivity index (χ2n) is 8.25. The van der Waals surface area contributed by atoms with Crippen molar-refractivity contribution in [2.24, 2.45) is 10.2 Å². The van der Waals surface area contributed by atoms with Crippen molar-refractivity contribution < 1.29 is 27.8 Å². The molecule has 4 rings (SSSR count). The number of aliphatic hydroxyl groups excluding tert-OH is 1. The van der Waals surface area contributed by atoms with Crippen LogP contribution in [0.3, 0.4) is 0 Å². The molecule has 2 heterocycles. The molecule has 0 fully saturated rings. The summed E-state index contributed by atoms with van der Waals surface area (Å²) in [5.41, 5.74) is -0.147. The van der Waals surface area contributed by atoms with Gasteiger partial charge >= 0.3 is 11.0 Å². The lowest BCUT2D eigenvalue weighted by Gasteiger charge is -2.15. The summed E-state index contributed by atoms with van der Waals surface area (Å²) in [6.45, 7) is -0.938. The van der Waals surface area contributed by atoms with Gasteiger partial charge in [0.15, 0.2) is 0 Å². The summed E-state index contributed by atoms with van der Waals surface area (Å²) in [4.78, 5) is 12.2. The van der Waals surface area contributed by atoms with E-state index in [0.717, 1.165) is 10.6 Å². The van der Waals surface area contributed by atoms with E-state index in [1.54, 1.807) is 18.2 Å². The topological polar surface area (TPSA) is 99.2 Å². The van der Waals surface area contributed by atoms with Gasteiger partial charge in [0.05, 0.1) is 34.7 Å². The van der Waals surface area contributed by atoms with E-state index >= 15 is 0 Å². The fourth-order valence-electron chi connectivity index (χ4n) is 3.93. The van der Waals surface area contributed by atoms with E-state index in [2.05, 4.69) is 15.5 Å². The molecular formula is C24H21ClF4N4O3S. The summed E-state index contributed by atoms with van der Waals surface area (Å²) in [5, 5.41) is 32.6. The molecule has 196 valence electrons. The molecule has 1 aliphatic rings. The average Bonchev–Trinajstić information content (AvgIpc) is 3.42. The number of aromatic nitrogens is 1. The van der Waals surface area contributed by atoms with Crippen LogP contribution >= 0.6 is 22.9 Å². The van der Waals surface area contributed by atoms with Crippen LogP contribution < -0.4 is 20.8 Å². The van der Waals surface area contributed by atoms with Crippen molar-refractivity contribution in [2.75, 3.05) is 19.8 Å². The van der Waals surface area contributed by atoms with Gasteiger partial charge in [-0.05, 0) is 40.6 Å². The third kappa shape index (κ3) is 6.09. The fourth-order valence-corrected chi connectivity index (χ4v) is 5.06. The molecule has 1 aromatic heterocycles. The van der Waals surface area contributed by atoms with Crippen molar-refractivity contribution in [3.63, 3.8) is 0 Å². The number of fused-ring (bicyclic) bond motifs is 1. The molecular weight excluding hydrogens is 536 g/mol. The van der Waals surface area contributed by atoms with Gasteiger partial charge in [-0.2, -0.15) is 23.4 Å². The van der Waals surface area contributed by atoms with Gasteiger partial charge in [0.1, 0.15) is 6.67 Å². The number of rotatable bonds is 9. The van der Waals surface area contributed by atoms with E-state index in [1.165, 1.54) is 18.3 Å². The van der Waals surface area contributed by atoms with Gasteiger partial charge < -0.3 is 15.5 Å². The molecule has 13 heteroatoms. The van der Waals surface area contributed by atoms with Crippen molar-refractivity contribution in [2.45, 2.75) is 25.2 Å². The predicted octanol–water partition coefficient (Wildman–Crippen LogP) is 2.62. The first-order valence-electron chi connectivity index (χ1n) is 11.1. The van der Waals surface area contributed by atoms with E-state index in [0.29, 0.717) is 27.5 Å². The highest BCUT2D eigenvalue weighted by molar-refractivity contribution is 7.10. The Kier molecular flexibility index (Phi) is 8.12. The van der Waals surface area contributed by atoms with Crippen molar-refractivity contribution in [3.8, 4) is 5.88 Å². The summed E-state index contributed by atoms with van der Waals surface area (Å²) >= 11 is 6.48. The molecule has 0 radical (unpaired) electrons. The van der Waals surface area contributed by atoms with E-state index in [-0.39, 0.29) is 47.1 Å². The van der Waals surface area contributed by atoms with Crippen LogP contribution in [0, 0.1) is 0 Å². The van der Waals surface area contributed by atoms with Crippen molar-refractivity contribution in [1.82, 2.24) is 9.88 Å². The van der Waals surface area contributed by atoms with Crippen molar-refractivity contribution in [1.29, 1.82) is 0 Å². The number of benzene rings is 2. The first kappa shape index (κ1) is 27.0. The average molecular weight is 557 g/mol. The van der Waals surface area contributed by atoms with Gasteiger partial charge in [-0.25, -0.2) is 4.39 Å². The van der Waals surface area contributed by atoms with Crippen LogP contribution in [0.25, 0.3) is 5.57 Å². The van der Waals surface area contributed by atoms with Gasteiger partial charge in [0, 0.05) is 30.1 Å². The predicted molar refractivity (Wildman–Crippen MR) is 133 cm³/mol. The molecule has 37 heavy (non-hydrogen) atoms. The lowest BCUT2D eigenvalue weighted by atomic mass is 9.96. The Labute approximate surface area is 216 Å². The highest BCUT2D eigenvalue weighted by Gasteiger charge is 2.34. The van der Waals surface area contributed by atoms with E-state index in [4.69, 9.17) is 11.6 Å². The van der Waals surface area contributed by atoms with Gasteiger partial charge in [0.25, 0.3) is 0 Å². The van der Waals surface area contributed by atoms with Crippen molar-refractivity contribution in [3.05, 3.63) is 83.2 Å². The Hall–Kier alpha value is -3.06. The maximum Gasteiger partial charge on any atom is 0.416 e. The largest absolute Gasteiger partial charge is 0.493 e. The number of nitrogens with one attached hydrogen (secondary N) is 1. The Balaban J connectivity index is 1.84. The van der Waals surface area contributed by atoms with Gasteiger partial charge in [-0.15, -0.1) is 0 Å². The van der Waals surface area contributed by atoms with E-state index in [9.17, 15) is 32.6 Å². The Bertz CT molecular complexity index is 1520. The molecule has 0 amide bonds. The van der Waals surface area contributed by atoms with Crippen LogP contribution in [-0.4, -0.2) is 46.9 Å². The molecule has 0 spiro atoms. The maximum absolute atomic E-state index is 13.8. The Morgan fingerprint density at radius 3 is 2.73 bits per heavy atom. The number of thiazole rings is 1. The number of halogens is 5. The number of hydrogen-bond donors (Lipinski definition) is 3. The Morgan fingerprint density at radius 1 is 1.22 bits per heavy atom. The van der Waals surface area contributed by atoms with Crippen LogP contribution in [0.2, 0.25) is 5.02 Å². The van der Waals surface area contributed by atoms with E-state index < -0.39 is 35.3 Å². The molecule has 0 unspecified atom stereocenters. The number of aliphatic hydroxyl groups is 1. The standard InChI is InChI=1S/C24H21ClF4N4O3S/c25-16-3-1-14(19(9-16)24(27,28)29)8-18(13-2-4-20-15(7-13)10-31-32-20)21-22(35)33(23(36)37-21)12-17(34)11-30-6-5-26/h1-4,7,9-10,17,30,34-35H,5-6,8,11-12H2/t17-/m1/s1. The third-order valence-electron chi connectivity index (χ3n) is 5.67. The normalized spacial score (nSPS) is 14.4. The molecule has 1 aliphatic heterocycles. The lowest BCUT2D eigenvalue weighted by molar-refractivity contribution is -0.138. The number of hydrogen-bond acceptors (Lipinski definition) is 7. The minimum Gasteiger partial charge on any atom is -0.493 e. The summed E-state index contributed by atoms with van der Waals surface area (Å²) < 4.78 is 54.7. The zero-order valence-corrected chi connectivity index (χ0v) is 20.7. The molecule has 0 aliphatic carbocycles. The second kappa shape index (κ2) is 11.1. The molecule has 0 bridgehead atoms. The quantitative estimate of drug-likeness (QED) is 0.279. The summed E-state index contributed by atoms with van der Waals surface area (Å²) in [7, 11) is 0. The molecule has 3 N–H and O–H groups in total. The smallest absolute Gasteiger partial charge is 0.416 e. The van der Waals surface area contributed by atoms with Crippen LogP contribution in [-0.2, 0) is 19.1 Å². The number of nitrogens with zero attached hydrogens (tertiary/aromatic N) is 3. The monoisotopic (exact) mass is 556 g/mol. The van der Waals surface area contributed by atoms with Crippen LogP contribution in [0.1, 0.15) is 21.6 Å². The third-order valence-corrected chi connectivity index (χ3v) is 6.93. The number of alkyl halides is 4. The van der Waals surface area contributed by atoms with Crippen LogP contribution in [0.4, 0.5) is 17.6 Å². The summed E-state index contributed by atoms with van der Waals surface area (Å²) in [6.07, 6.45) is -4.60. The zero-order valence-electron chi connectivity index (χ0n) is 19.1. The van der Waals surface area contributed by atoms with Gasteiger partial charge in [0.2, 0.25) is 5.88 Å². The SMILES string of the molecule is O=c1sc(C(Cc2ccc(Cl)cc2C(F)(F)F)=c2ccc3c(c2)C=NN=3)c(O)n1C[C@H](O)CNCCF. The highest BCUT2D eigenvalue weighted by Crippen LogP contribution is 2.37. The second-order valence-corrected chi connectivity index (χ2v) is 9.65. The first-order valence-corrected chi connectivity index (χ1v) is 12.3. The molecule has 0 saturated heterocycles. The molecule has 1 atom stereocenters. The molecule has 2 aromatic carbocycles.